The Bertz CT molecular complexity index is 649. The Morgan fingerprint density at radius 2 is 1.63 bits per heavy atom. The third-order valence-electron chi connectivity index (χ3n) is 6.04. The van der Waals surface area contributed by atoms with E-state index in [0.717, 1.165) is 50.3 Å². The average molecular weight is 429 g/mol. The van der Waals surface area contributed by atoms with Crippen LogP contribution in [0.25, 0.3) is 0 Å². The van der Waals surface area contributed by atoms with Gasteiger partial charge in [-0.3, -0.25) is 4.79 Å². The van der Waals surface area contributed by atoms with Crippen molar-refractivity contribution in [1.29, 1.82) is 0 Å². The summed E-state index contributed by atoms with van der Waals surface area (Å²) in [6, 6.07) is 2.99. The summed E-state index contributed by atoms with van der Waals surface area (Å²) in [4.78, 5) is 11.3. The smallest absolute Gasteiger partial charge is 0.305 e. The highest BCUT2D eigenvalue weighted by atomic mass is 19.1. The van der Waals surface area contributed by atoms with E-state index in [1.54, 1.807) is 6.92 Å². The van der Waals surface area contributed by atoms with Crippen LogP contribution in [-0.2, 0) is 9.53 Å². The van der Waals surface area contributed by atoms with Crippen LogP contribution in [0.1, 0.15) is 76.4 Å². The first-order valence-corrected chi connectivity index (χ1v) is 11.0. The van der Waals surface area contributed by atoms with Crippen LogP contribution in [0.5, 0.6) is 0 Å². The minimum absolute atomic E-state index is 0.0681. The van der Waals surface area contributed by atoms with Gasteiger partial charge in [-0.2, -0.15) is 0 Å². The van der Waals surface area contributed by atoms with Crippen LogP contribution in [0.2, 0.25) is 0 Å². The van der Waals surface area contributed by atoms with Crippen molar-refractivity contribution in [2.24, 2.45) is 11.8 Å². The van der Waals surface area contributed by atoms with Crippen LogP contribution in [0, 0.1) is 23.5 Å². The molecule has 3 N–H and O–H groups in total. The van der Waals surface area contributed by atoms with Crippen LogP contribution in [0.15, 0.2) is 18.2 Å². The number of aliphatic hydroxyl groups is 3. The number of aliphatic hydroxyl groups excluding tert-OH is 3. The zero-order chi connectivity index (χ0) is 22.1. The molecule has 2 unspecified atom stereocenters. The van der Waals surface area contributed by atoms with Gasteiger partial charge in [0, 0.05) is 12.5 Å². The Hall–Kier alpha value is -1.57. The Morgan fingerprint density at radius 1 is 1.03 bits per heavy atom. The number of rotatable bonds is 12. The lowest BCUT2D eigenvalue weighted by Gasteiger charge is -2.24. The molecule has 1 aliphatic carbocycles. The molecule has 1 aliphatic rings. The Morgan fingerprint density at radius 3 is 2.27 bits per heavy atom. The summed E-state index contributed by atoms with van der Waals surface area (Å²) in [5, 5.41) is 31.0. The largest absolute Gasteiger partial charge is 0.466 e. The first-order chi connectivity index (χ1) is 14.3. The number of hydrogen-bond donors (Lipinski definition) is 3. The van der Waals surface area contributed by atoms with Gasteiger partial charge in [0.25, 0.3) is 0 Å². The number of halogens is 2. The van der Waals surface area contributed by atoms with Gasteiger partial charge in [0.2, 0.25) is 0 Å². The number of benzene rings is 1. The zero-order valence-corrected chi connectivity index (χ0v) is 17.6. The monoisotopic (exact) mass is 428 g/mol. The van der Waals surface area contributed by atoms with Crippen molar-refractivity contribution in [1.82, 2.24) is 0 Å². The van der Waals surface area contributed by atoms with Gasteiger partial charge in [0.15, 0.2) is 0 Å². The molecule has 30 heavy (non-hydrogen) atoms. The lowest BCUT2D eigenvalue weighted by Crippen LogP contribution is -2.23. The molecule has 2 rings (SSSR count). The number of ether oxygens (including phenoxy) is 1. The number of hydrogen-bond acceptors (Lipinski definition) is 5. The highest BCUT2D eigenvalue weighted by Crippen LogP contribution is 2.40. The second-order valence-electron chi connectivity index (χ2n) is 8.25. The highest BCUT2D eigenvalue weighted by Gasteiger charge is 2.40. The Balaban J connectivity index is 1.77. The normalized spacial score (nSPS) is 24.7. The van der Waals surface area contributed by atoms with Crippen LogP contribution in [0.4, 0.5) is 8.78 Å². The van der Waals surface area contributed by atoms with Crippen LogP contribution < -0.4 is 0 Å². The molecule has 1 aromatic rings. The van der Waals surface area contributed by atoms with Crippen molar-refractivity contribution in [2.45, 2.75) is 83.0 Å². The Labute approximate surface area is 177 Å². The first kappa shape index (κ1) is 24.7. The Kier molecular flexibility index (Phi) is 10.1. The lowest BCUT2D eigenvalue weighted by molar-refractivity contribution is -0.143. The molecular formula is C23H34F2O5. The van der Waals surface area contributed by atoms with Crippen molar-refractivity contribution < 1.29 is 33.6 Å². The summed E-state index contributed by atoms with van der Waals surface area (Å²) in [7, 11) is 0. The molecule has 1 fully saturated rings. The summed E-state index contributed by atoms with van der Waals surface area (Å²) in [6.45, 7) is 2.18. The predicted molar refractivity (Wildman–Crippen MR) is 108 cm³/mol. The highest BCUT2D eigenvalue weighted by molar-refractivity contribution is 5.69. The maximum Gasteiger partial charge on any atom is 0.305 e. The van der Waals surface area contributed by atoms with Gasteiger partial charge in [-0.15, -0.1) is 0 Å². The topological polar surface area (TPSA) is 87.0 Å². The van der Waals surface area contributed by atoms with E-state index in [2.05, 4.69) is 0 Å². The van der Waals surface area contributed by atoms with E-state index in [4.69, 9.17) is 4.74 Å². The fourth-order valence-electron chi connectivity index (χ4n) is 4.50. The third kappa shape index (κ3) is 7.60. The quantitative estimate of drug-likeness (QED) is 0.346. The van der Waals surface area contributed by atoms with Gasteiger partial charge < -0.3 is 20.1 Å². The maximum absolute atomic E-state index is 13.4. The molecule has 0 aromatic heterocycles. The molecule has 0 bridgehead atoms. The molecule has 1 aromatic carbocycles. The van der Waals surface area contributed by atoms with Gasteiger partial charge in [-0.05, 0) is 68.6 Å². The number of esters is 1. The SMILES string of the molecule is CCOC(=O)CCCCCC[C@@H]1C(CCC(O)c2cc(F)cc(F)c2)[C@H](O)C[C@@H]1O. The second kappa shape index (κ2) is 12.3. The van der Waals surface area contributed by atoms with Crippen molar-refractivity contribution in [3.8, 4) is 0 Å². The maximum atomic E-state index is 13.4. The van der Waals surface area contributed by atoms with E-state index in [9.17, 15) is 28.9 Å². The first-order valence-electron chi connectivity index (χ1n) is 11.0. The molecule has 0 aliphatic heterocycles. The third-order valence-corrected chi connectivity index (χ3v) is 6.04. The van der Waals surface area contributed by atoms with Crippen molar-refractivity contribution in [2.75, 3.05) is 6.61 Å². The molecule has 1 saturated carbocycles. The minimum Gasteiger partial charge on any atom is -0.466 e. The molecule has 0 spiro atoms. The zero-order valence-electron chi connectivity index (χ0n) is 17.6. The van der Waals surface area contributed by atoms with Gasteiger partial charge in [-0.1, -0.05) is 19.3 Å². The van der Waals surface area contributed by atoms with E-state index >= 15 is 0 Å². The summed E-state index contributed by atoms with van der Waals surface area (Å²) in [5.41, 5.74) is 0.179. The van der Waals surface area contributed by atoms with Crippen LogP contribution in [-0.4, -0.2) is 40.1 Å². The minimum atomic E-state index is -1.02. The lowest BCUT2D eigenvalue weighted by atomic mass is 9.84. The van der Waals surface area contributed by atoms with E-state index in [1.165, 1.54) is 0 Å². The van der Waals surface area contributed by atoms with Gasteiger partial charge in [0.05, 0.1) is 24.9 Å². The van der Waals surface area contributed by atoms with Crippen LogP contribution in [0.3, 0.4) is 0 Å². The molecule has 170 valence electrons. The predicted octanol–water partition coefficient (Wildman–Crippen LogP) is 4.04. The molecule has 5 nitrogen and oxygen atoms in total. The summed E-state index contributed by atoms with van der Waals surface area (Å²) >= 11 is 0. The van der Waals surface area contributed by atoms with E-state index < -0.39 is 29.9 Å². The van der Waals surface area contributed by atoms with Crippen LogP contribution >= 0.6 is 0 Å². The molecule has 0 amide bonds. The fourth-order valence-corrected chi connectivity index (χ4v) is 4.50. The van der Waals surface area contributed by atoms with E-state index in [1.807, 2.05) is 0 Å². The van der Waals surface area contributed by atoms with Gasteiger partial charge in [0.1, 0.15) is 11.6 Å². The molecule has 0 radical (unpaired) electrons. The standard InChI is InChI=1S/C23H34F2O5/c1-2-30-23(29)8-6-4-3-5-7-18-19(22(28)14-21(18)27)9-10-20(26)15-11-16(24)13-17(25)12-15/h11-13,18-22,26-28H,2-10,14H2,1H3/t18-,19?,20?,21+,22-/m1/s1. The van der Waals surface area contributed by atoms with Crippen molar-refractivity contribution in [3.63, 3.8) is 0 Å². The van der Waals surface area contributed by atoms with Gasteiger partial charge in [-0.25, -0.2) is 8.78 Å². The molecule has 0 saturated heterocycles. The summed E-state index contributed by atoms with van der Waals surface area (Å²) < 4.78 is 31.6. The second-order valence-corrected chi connectivity index (χ2v) is 8.25. The van der Waals surface area contributed by atoms with Crippen molar-refractivity contribution in [3.05, 3.63) is 35.4 Å². The van der Waals surface area contributed by atoms with Crippen molar-refractivity contribution >= 4 is 5.97 Å². The molecule has 5 atom stereocenters. The van der Waals surface area contributed by atoms with E-state index in [0.29, 0.717) is 25.9 Å². The number of carbonyl (C=O) groups excluding carboxylic acids is 1. The molecule has 0 heterocycles. The molecular weight excluding hydrogens is 394 g/mol. The van der Waals surface area contributed by atoms with E-state index in [-0.39, 0.29) is 29.8 Å². The average Bonchev–Trinajstić information content (AvgIpc) is 2.94. The fraction of sp³-hybridized carbons (Fsp3) is 0.696. The molecule has 7 heteroatoms. The number of carbonyl (C=O) groups is 1. The number of unbranched alkanes of at least 4 members (excludes halogenated alkanes) is 3. The summed E-state index contributed by atoms with van der Waals surface area (Å²) in [6.07, 6.45) is 3.42. The van der Waals surface area contributed by atoms with Gasteiger partial charge >= 0.3 is 5.97 Å². The summed E-state index contributed by atoms with van der Waals surface area (Å²) in [5.74, 6) is -1.87.